The number of rotatable bonds is 5. The van der Waals surface area contributed by atoms with Crippen LogP contribution in [0.2, 0.25) is 0 Å². The molecule has 1 N–H and O–H groups in total. The summed E-state index contributed by atoms with van der Waals surface area (Å²) in [6, 6.07) is 0. The molecule has 0 aliphatic heterocycles. The third-order valence-corrected chi connectivity index (χ3v) is 5.00. The van der Waals surface area contributed by atoms with Crippen LogP contribution in [-0.2, 0) is 13.0 Å². The summed E-state index contributed by atoms with van der Waals surface area (Å²) in [6.45, 7) is 3.03. The maximum atomic E-state index is 10.9. The van der Waals surface area contributed by atoms with E-state index in [-0.39, 0.29) is 11.6 Å². The fraction of sp³-hybridized carbons (Fsp3) is 0.812. The van der Waals surface area contributed by atoms with Crippen molar-refractivity contribution >= 4 is 0 Å². The van der Waals surface area contributed by atoms with Gasteiger partial charge in [0.05, 0.1) is 6.10 Å². The number of imidazole rings is 1. The molecule has 0 spiro atoms. The van der Waals surface area contributed by atoms with E-state index in [9.17, 15) is 5.11 Å². The zero-order chi connectivity index (χ0) is 14.6. The molecule has 0 aromatic carbocycles. The minimum Gasteiger partial charge on any atom is -0.391 e. The lowest BCUT2D eigenvalue weighted by atomic mass is 9.81. The van der Waals surface area contributed by atoms with Crippen LogP contribution in [0.15, 0.2) is 12.4 Å². The standard InChI is InChI=1S/C16H29N3O/c1-4-19-12-11-17-15(19)13-14(20)16(18(2)3)9-7-5-6-8-10-16/h11-12,14,20H,4-10,13H2,1-3H3. The molecule has 1 unspecified atom stereocenters. The molecule has 1 saturated carbocycles. The summed E-state index contributed by atoms with van der Waals surface area (Å²) in [5.41, 5.74) is -0.0823. The van der Waals surface area contributed by atoms with Crippen LogP contribution < -0.4 is 0 Å². The first-order chi connectivity index (χ1) is 9.60. The van der Waals surface area contributed by atoms with Crippen LogP contribution in [0.25, 0.3) is 0 Å². The van der Waals surface area contributed by atoms with Gasteiger partial charge in [0.15, 0.2) is 0 Å². The molecule has 0 bridgehead atoms. The highest BCUT2D eigenvalue weighted by Crippen LogP contribution is 2.35. The number of hydrogen-bond acceptors (Lipinski definition) is 3. The summed E-state index contributed by atoms with van der Waals surface area (Å²) < 4.78 is 2.13. The fourth-order valence-electron chi connectivity index (χ4n) is 3.60. The molecule has 4 nitrogen and oxygen atoms in total. The summed E-state index contributed by atoms with van der Waals surface area (Å²) in [4.78, 5) is 6.67. The van der Waals surface area contributed by atoms with Crippen LogP contribution in [0.1, 0.15) is 51.3 Å². The molecule has 20 heavy (non-hydrogen) atoms. The molecule has 2 rings (SSSR count). The van der Waals surface area contributed by atoms with E-state index in [0.717, 1.165) is 25.2 Å². The second kappa shape index (κ2) is 6.72. The van der Waals surface area contributed by atoms with E-state index in [4.69, 9.17) is 0 Å². The Bertz CT molecular complexity index is 406. The summed E-state index contributed by atoms with van der Waals surface area (Å²) in [5.74, 6) is 1.01. The van der Waals surface area contributed by atoms with Crippen molar-refractivity contribution in [2.75, 3.05) is 14.1 Å². The van der Waals surface area contributed by atoms with Crippen LogP contribution >= 0.6 is 0 Å². The quantitative estimate of drug-likeness (QED) is 0.842. The van der Waals surface area contributed by atoms with E-state index in [1.165, 1.54) is 25.7 Å². The Morgan fingerprint density at radius 2 is 1.95 bits per heavy atom. The molecule has 1 aromatic rings. The molecule has 1 aliphatic rings. The SMILES string of the molecule is CCn1ccnc1CC(O)C1(N(C)C)CCCCCC1. The van der Waals surface area contributed by atoms with E-state index in [1.807, 2.05) is 12.4 Å². The highest BCUT2D eigenvalue weighted by atomic mass is 16.3. The van der Waals surface area contributed by atoms with Crippen molar-refractivity contribution in [2.45, 2.75) is 70.1 Å². The maximum Gasteiger partial charge on any atom is 0.111 e. The molecular formula is C16H29N3O. The van der Waals surface area contributed by atoms with Gasteiger partial charge in [-0.2, -0.15) is 0 Å². The zero-order valence-corrected chi connectivity index (χ0v) is 13.2. The molecular weight excluding hydrogens is 250 g/mol. The lowest BCUT2D eigenvalue weighted by molar-refractivity contribution is -0.0188. The minimum absolute atomic E-state index is 0.0823. The Kier molecular flexibility index (Phi) is 5.22. The molecule has 114 valence electrons. The maximum absolute atomic E-state index is 10.9. The Hall–Kier alpha value is -0.870. The number of hydrogen-bond donors (Lipinski definition) is 1. The molecule has 1 aromatic heterocycles. The van der Waals surface area contributed by atoms with Crippen molar-refractivity contribution in [1.29, 1.82) is 0 Å². The van der Waals surface area contributed by atoms with Gasteiger partial charge in [0.1, 0.15) is 5.82 Å². The molecule has 1 heterocycles. The largest absolute Gasteiger partial charge is 0.391 e. The van der Waals surface area contributed by atoms with Crippen LogP contribution in [0.3, 0.4) is 0 Å². The van der Waals surface area contributed by atoms with Crippen LogP contribution in [0.5, 0.6) is 0 Å². The van der Waals surface area contributed by atoms with Gasteiger partial charge in [0.2, 0.25) is 0 Å². The second-order valence-corrected chi connectivity index (χ2v) is 6.26. The third kappa shape index (κ3) is 3.07. The number of nitrogens with zero attached hydrogens (tertiary/aromatic N) is 3. The third-order valence-electron chi connectivity index (χ3n) is 5.00. The Morgan fingerprint density at radius 3 is 2.50 bits per heavy atom. The molecule has 0 amide bonds. The lowest BCUT2D eigenvalue weighted by Crippen LogP contribution is -2.54. The average Bonchev–Trinajstić information content (AvgIpc) is 2.72. The highest BCUT2D eigenvalue weighted by Gasteiger charge is 2.40. The summed E-state index contributed by atoms with van der Waals surface area (Å²) in [5, 5.41) is 10.9. The summed E-state index contributed by atoms with van der Waals surface area (Å²) in [7, 11) is 4.22. The monoisotopic (exact) mass is 279 g/mol. The van der Waals surface area contributed by atoms with E-state index >= 15 is 0 Å². The molecule has 1 aliphatic carbocycles. The van der Waals surface area contributed by atoms with Crippen molar-refractivity contribution in [3.63, 3.8) is 0 Å². The smallest absolute Gasteiger partial charge is 0.111 e. The number of likely N-dealkylation sites (N-methyl/N-ethyl adjacent to an activating group) is 1. The Morgan fingerprint density at radius 1 is 1.30 bits per heavy atom. The molecule has 1 fully saturated rings. The predicted octanol–water partition coefficient (Wildman–Crippen LogP) is 2.46. The number of aromatic nitrogens is 2. The Labute approximate surface area is 122 Å². The van der Waals surface area contributed by atoms with Gasteiger partial charge >= 0.3 is 0 Å². The summed E-state index contributed by atoms with van der Waals surface area (Å²) in [6.07, 6.45) is 11.4. The molecule has 4 heteroatoms. The van der Waals surface area contributed by atoms with Crippen molar-refractivity contribution in [3.8, 4) is 0 Å². The minimum atomic E-state index is -0.344. The van der Waals surface area contributed by atoms with Gasteiger partial charge in [-0.3, -0.25) is 0 Å². The van der Waals surface area contributed by atoms with Crippen molar-refractivity contribution in [1.82, 2.24) is 14.5 Å². The first kappa shape index (κ1) is 15.5. The summed E-state index contributed by atoms with van der Waals surface area (Å²) >= 11 is 0. The second-order valence-electron chi connectivity index (χ2n) is 6.26. The Balaban J connectivity index is 2.16. The molecule has 0 radical (unpaired) electrons. The molecule has 0 saturated heterocycles. The van der Waals surface area contributed by atoms with E-state index < -0.39 is 0 Å². The van der Waals surface area contributed by atoms with Crippen LogP contribution in [-0.4, -0.2) is 45.3 Å². The van der Waals surface area contributed by atoms with Crippen LogP contribution in [0.4, 0.5) is 0 Å². The van der Waals surface area contributed by atoms with Gasteiger partial charge in [0.25, 0.3) is 0 Å². The van der Waals surface area contributed by atoms with Crippen molar-refractivity contribution in [3.05, 3.63) is 18.2 Å². The number of aliphatic hydroxyl groups is 1. The van der Waals surface area contributed by atoms with Gasteiger partial charge in [-0.25, -0.2) is 4.98 Å². The first-order valence-electron chi connectivity index (χ1n) is 7.95. The van der Waals surface area contributed by atoms with Gasteiger partial charge in [-0.05, 0) is 33.9 Å². The lowest BCUT2D eigenvalue weighted by Gasteiger charge is -2.43. The van der Waals surface area contributed by atoms with Gasteiger partial charge in [-0.1, -0.05) is 25.7 Å². The van der Waals surface area contributed by atoms with Gasteiger partial charge < -0.3 is 14.6 Å². The van der Waals surface area contributed by atoms with Crippen molar-refractivity contribution < 1.29 is 5.11 Å². The predicted molar refractivity (Wildman–Crippen MR) is 81.7 cm³/mol. The fourth-order valence-corrected chi connectivity index (χ4v) is 3.60. The van der Waals surface area contributed by atoms with E-state index in [2.05, 4.69) is 35.5 Å². The average molecular weight is 279 g/mol. The van der Waals surface area contributed by atoms with Crippen LogP contribution in [0, 0.1) is 0 Å². The zero-order valence-electron chi connectivity index (χ0n) is 13.2. The number of aryl methyl sites for hydroxylation is 1. The highest BCUT2D eigenvalue weighted by molar-refractivity contribution is 5.02. The van der Waals surface area contributed by atoms with Gasteiger partial charge in [-0.15, -0.1) is 0 Å². The molecule has 1 atom stereocenters. The topological polar surface area (TPSA) is 41.3 Å². The van der Waals surface area contributed by atoms with E-state index in [1.54, 1.807) is 0 Å². The normalized spacial score (nSPS) is 20.9. The first-order valence-corrected chi connectivity index (χ1v) is 7.95. The number of aliphatic hydroxyl groups excluding tert-OH is 1. The van der Waals surface area contributed by atoms with Crippen molar-refractivity contribution in [2.24, 2.45) is 0 Å². The van der Waals surface area contributed by atoms with Gasteiger partial charge in [0, 0.05) is 30.9 Å². The van der Waals surface area contributed by atoms with E-state index in [0.29, 0.717) is 6.42 Å².